The molecule has 0 aliphatic rings. The molecule has 13 heavy (non-hydrogen) atoms. The van der Waals surface area contributed by atoms with Gasteiger partial charge in [0.05, 0.1) is 7.11 Å². The Kier molecular flexibility index (Phi) is 2.80. The van der Waals surface area contributed by atoms with Crippen molar-refractivity contribution in [3.05, 3.63) is 17.7 Å². The standard InChI is InChI=1S/C8H11BO4/c1-5-3-6(9(11)12)8(10)7(4-5)13-2/h3-4,10-12H,1-2H3. The second-order valence-corrected chi connectivity index (χ2v) is 2.78. The summed E-state index contributed by atoms with van der Waals surface area (Å²) in [5.41, 5.74) is 0.842. The summed E-state index contributed by atoms with van der Waals surface area (Å²) in [7, 11) is -0.282. The quantitative estimate of drug-likeness (QED) is 0.533. The number of rotatable bonds is 2. The number of phenolic OH excluding ortho intramolecular Hbond substituents is 1. The molecule has 1 aromatic carbocycles. The summed E-state index contributed by atoms with van der Waals surface area (Å²) in [5.74, 6) is 0.00574. The number of methoxy groups -OCH3 is 1. The molecule has 3 N–H and O–H groups in total. The van der Waals surface area contributed by atoms with Gasteiger partial charge in [0, 0.05) is 5.46 Å². The van der Waals surface area contributed by atoms with Gasteiger partial charge < -0.3 is 19.9 Å². The van der Waals surface area contributed by atoms with Crippen LogP contribution in [0.3, 0.4) is 0 Å². The number of aromatic hydroxyl groups is 1. The summed E-state index contributed by atoms with van der Waals surface area (Å²) < 4.78 is 4.84. The van der Waals surface area contributed by atoms with Crippen LogP contribution in [-0.4, -0.2) is 29.4 Å². The van der Waals surface area contributed by atoms with Crippen LogP contribution in [0, 0.1) is 6.92 Å². The first-order valence-electron chi connectivity index (χ1n) is 3.80. The highest BCUT2D eigenvalue weighted by molar-refractivity contribution is 6.59. The highest BCUT2D eigenvalue weighted by Crippen LogP contribution is 2.24. The van der Waals surface area contributed by atoms with Crippen LogP contribution < -0.4 is 10.2 Å². The summed E-state index contributed by atoms with van der Waals surface area (Å²) in [6, 6.07) is 3.10. The van der Waals surface area contributed by atoms with Crippen molar-refractivity contribution >= 4 is 12.6 Å². The van der Waals surface area contributed by atoms with Gasteiger partial charge in [-0.2, -0.15) is 0 Å². The molecule has 0 unspecified atom stereocenters. The first kappa shape index (κ1) is 9.89. The fraction of sp³-hybridized carbons (Fsp3) is 0.250. The van der Waals surface area contributed by atoms with Crippen LogP contribution in [0.5, 0.6) is 11.5 Å². The largest absolute Gasteiger partial charge is 0.505 e. The van der Waals surface area contributed by atoms with E-state index >= 15 is 0 Å². The van der Waals surface area contributed by atoms with Crippen LogP contribution in [0.2, 0.25) is 0 Å². The molecule has 0 bridgehead atoms. The predicted octanol–water partition coefficient (Wildman–Crippen LogP) is -0.611. The summed E-state index contributed by atoms with van der Waals surface area (Å²) in [6.45, 7) is 1.77. The van der Waals surface area contributed by atoms with E-state index in [2.05, 4.69) is 0 Å². The van der Waals surface area contributed by atoms with Crippen molar-refractivity contribution in [1.82, 2.24) is 0 Å². The van der Waals surface area contributed by atoms with Gasteiger partial charge in [0.1, 0.15) is 0 Å². The molecule has 0 amide bonds. The molecular weight excluding hydrogens is 171 g/mol. The van der Waals surface area contributed by atoms with Crippen LogP contribution in [-0.2, 0) is 0 Å². The molecule has 0 radical (unpaired) electrons. The third-order valence-electron chi connectivity index (χ3n) is 1.75. The summed E-state index contributed by atoms with van der Waals surface area (Å²) >= 11 is 0. The molecule has 0 atom stereocenters. The second kappa shape index (κ2) is 3.68. The molecule has 1 aromatic rings. The van der Waals surface area contributed by atoms with E-state index in [9.17, 15) is 5.11 Å². The summed E-state index contributed by atoms with van der Waals surface area (Å²) in [6.07, 6.45) is 0. The van der Waals surface area contributed by atoms with Crippen molar-refractivity contribution < 1.29 is 19.9 Å². The number of hydrogen-bond donors (Lipinski definition) is 3. The lowest BCUT2D eigenvalue weighted by Crippen LogP contribution is -2.30. The maximum atomic E-state index is 9.44. The minimum atomic E-state index is -1.69. The van der Waals surface area contributed by atoms with Crippen molar-refractivity contribution in [3.8, 4) is 11.5 Å². The Bertz CT molecular complexity index is 311. The minimum absolute atomic E-state index is 0.0526. The zero-order valence-corrected chi connectivity index (χ0v) is 7.48. The number of hydrogen-bond acceptors (Lipinski definition) is 4. The molecule has 0 saturated heterocycles. The molecule has 70 valence electrons. The molecule has 0 aromatic heterocycles. The fourth-order valence-electron chi connectivity index (χ4n) is 1.13. The van der Waals surface area contributed by atoms with E-state index in [-0.39, 0.29) is 17.0 Å². The van der Waals surface area contributed by atoms with Gasteiger partial charge in [-0.25, -0.2) is 0 Å². The highest BCUT2D eigenvalue weighted by Gasteiger charge is 2.19. The van der Waals surface area contributed by atoms with E-state index in [0.717, 1.165) is 5.56 Å². The Balaban J connectivity index is 3.27. The number of benzene rings is 1. The molecule has 0 aliphatic carbocycles. The minimum Gasteiger partial charge on any atom is -0.505 e. The zero-order valence-electron chi connectivity index (χ0n) is 7.48. The first-order chi connectivity index (χ1) is 6.06. The Morgan fingerprint density at radius 3 is 2.38 bits per heavy atom. The van der Waals surface area contributed by atoms with Crippen LogP contribution in [0.4, 0.5) is 0 Å². The second-order valence-electron chi connectivity index (χ2n) is 2.78. The third-order valence-corrected chi connectivity index (χ3v) is 1.75. The normalized spacial score (nSPS) is 9.85. The SMILES string of the molecule is COc1cc(C)cc(B(O)O)c1O. The van der Waals surface area contributed by atoms with Gasteiger partial charge in [0.2, 0.25) is 0 Å². The van der Waals surface area contributed by atoms with Crippen molar-refractivity contribution in [3.63, 3.8) is 0 Å². The van der Waals surface area contributed by atoms with E-state index in [0.29, 0.717) is 0 Å². The van der Waals surface area contributed by atoms with Crippen molar-refractivity contribution in [2.45, 2.75) is 6.92 Å². The molecule has 5 heteroatoms. The molecular formula is C8H11BO4. The molecule has 4 nitrogen and oxygen atoms in total. The first-order valence-corrected chi connectivity index (χ1v) is 3.80. The lowest BCUT2D eigenvalue weighted by molar-refractivity contribution is 0.371. The van der Waals surface area contributed by atoms with E-state index in [1.807, 2.05) is 0 Å². The molecule has 0 spiro atoms. The van der Waals surface area contributed by atoms with Crippen molar-refractivity contribution in [1.29, 1.82) is 0 Å². The Hall–Kier alpha value is -1.20. The Morgan fingerprint density at radius 2 is 1.92 bits per heavy atom. The maximum Gasteiger partial charge on any atom is 0.492 e. The molecule has 0 fully saturated rings. The summed E-state index contributed by atoms with van der Waals surface area (Å²) in [4.78, 5) is 0. The summed E-state index contributed by atoms with van der Waals surface area (Å²) in [5, 5.41) is 27.2. The van der Waals surface area contributed by atoms with E-state index < -0.39 is 7.12 Å². The molecule has 0 aliphatic heterocycles. The smallest absolute Gasteiger partial charge is 0.492 e. The van der Waals surface area contributed by atoms with E-state index in [1.165, 1.54) is 13.2 Å². The molecule has 0 saturated carbocycles. The predicted molar refractivity (Wildman–Crippen MR) is 49.2 cm³/mol. The van der Waals surface area contributed by atoms with Gasteiger partial charge in [-0.1, -0.05) is 6.07 Å². The van der Waals surface area contributed by atoms with Gasteiger partial charge in [-0.05, 0) is 18.6 Å². The fourth-order valence-corrected chi connectivity index (χ4v) is 1.13. The third kappa shape index (κ3) is 1.94. The van der Waals surface area contributed by atoms with E-state index in [4.69, 9.17) is 14.8 Å². The molecule has 1 rings (SSSR count). The maximum absolute atomic E-state index is 9.44. The zero-order chi connectivity index (χ0) is 10.0. The van der Waals surface area contributed by atoms with Gasteiger partial charge in [0.25, 0.3) is 0 Å². The monoisotopic (exact) mass is 182 g/mol. The number of phenols is 1. The highest BCUT2D eigenvalue weighted by atomic mass is 16.5. The topological polar surface area (TPSA) is 69.9 Å². The van der Waals surface area contributed by atoms with Gasteiger partial charge in [-0.3, -0.25) is 0 Å². The lowest BCUT2D eigenvalue weighted by Gasteiger charge is -2.09. The van der Waals surface area contributed by atoms with Crippen LogP contribution in [0.1, 0.15) is 5.56 Å². The Labute approximate surface area is 76.6 Å². The van der Waals surface area contributed by atoms with Gasteiger partial charge in [-0.15, -0.1) is 0 Å². The lowest BCUT2D eigenvalue weighted by atomic mass is 9.78. The van der Waals surface area contributed by atoms with Crippen LogP contribution >= 0.6 is 0 Å². The van der Waals surface area contributed by atoms with Crippen LogP contribution in [0.15, 0.2) is 12.1 Å². The van der Waals surface area contributed by atoms with E-state index in [1.54, 1.807) is 13.0 Å². The Morgan fingerprint density at radius 1 is 1.31 bits per heavy atom. The van der Waals surface area contributed by atoms with Crippen molar-refractivity contribution in [2.75, 3.05) is 7.11 Å². The number of ether oxygens (including phenoxy) is 1. The average molecular weight is 182 g/mol. The van der Waals surface area contributed by atoms with Gasteiger partial charge >= 0.3 is 7.12 Å². The molecule has 0 heterocycles. The van der Waals surface area contributed by atoms with Gasteiger partial charge in [0.15, 0.2) is 11.5 Å². The van der Waals surface area contributed by atoms with Crippen molar-refractivity contribution in [2.24, 2.45) is 0 Å². The average Bonchev–Trinajstić information content (AvgIpc) is 2.08. The van der Waals surface area contributed by atoms with Crippen LogP contribution in [0.25, 0.3) is 0 Å². The number of aryl methyl sites for hydroxylation is 1.